The number of nitrogens with one attached hydrogen (secondary N) is 2. The number of benzene rings is 1. The Hall–Kier alpha value is -0.990. The molecule has 8 heteroatoms. The Morgan fingerprint density at radius 2 is 2.10 bits per heavy atom. The number of hydrogen-bond acceptors (Lipinski definition) is 4. The number of thiophene rings is 1. The molecule has 0 saturated carbocycles. The van der Waals surface area contributed by atoms with Crippen LogP contribution in [0.5, 0.6) is 0 Å². The van der Waals surface area contributed by atoms with Crippen LogP contribution in [0.4, 0.5) is 4.39 Å². The first-order valence-electron chi connectivity index (χ1n) is 6.08. The van der Waals surface area contributed by atoms with Gasteiger partial charge in [-0.25, -0.2) is 17.5 Å². The molecule has 0 radical (unpaired) electrons. The molecule has 0 amide bonds. The van der Waals surface area contributed by atoms with Crippen LogP contribution in [0.2, 0.25) is 5.02 Å². The smallest absolute Gasteiger partial charge is 0.243 e. The minimum absolute atomic E-state index is 0.118. The molecule has 0 bridgehead atoms. The second-order valence-corrected chi connectivity index (χ2v) is 7.52. The Kier molecular flexibility index (Phi) is 5.34. The first kappa shape index (κ1) is 16.4. The molecule has 1 aromatic carbocycles. The second kappa shape index (κ2) is 6.85. The highest BCUT2D eigenvalue weighted by Crippen LogP contribution is 2.24. The zero-order valence-corrected chi connectivity index (χ0v) is 13.6. The summed E-state index contributed by atoms with van der Waals surface area (Å²) < 4.78 is 41.1. The van der Waals surface area contributed by atoms with Crippen molar-refractivity contribution in [2.24, 2.45) is 0 Å². The minimum atomic E-state index is -3.96. The van der Waals surface area contributed by atoms with Crippen molar-refractivity contribution in [3.8, 4) is 0 Å². The number of halogens is 2. The predicted octanol–water partition coefficient (Wildman–Crippen LogP) is 2.74. The average Bonchev–Trinajstić information content (AvgIpc) is 2.94. The summed E-state index contributed by atoms with van der Waals surface area (Å²) in [6.45, 7) is 0.313. The molecule has 2 N–H and O–H groups in total. The highest BCUT2D eigenvalue weighted by Gasteiger charge is 2.22. The van der Waals surface area contributed by atoms with Gasteiger partial charge in [-0.15, -0.1) is 11.3 Å². The SMILES string of the molecule is CNCc1cc(Cl)cc(S(=O)(=O)NCc2cccs2)c1F. The fraction of sp³-hybridized carbons (Fsp3) is 0.231. The molecule has 0 fully saturated rings. The molecule has 0 aliphatic rings. The van der Waals surface area contributed by atoms with Crippen molar-refractivity contribution in [3.63, 3.8) is 0 Å². The van der Waals surface area contributed by atoms with Crippen molar-refractivity contribution in [1.29, 1.82) is 0 Å². The maximum absolute atomic E-state index is 14.3. The van der Waals surface area contributed by atoms with Gasteiger partial charge in [0.1, 0.15) is 10.7 Å². The van der Waals surface area contributed by atoms with Crippen LogP contribution in [0.15, 0.2) is 34.5 Å². The summed E-state index contributed by atoms with van der Waals surface area (Å²) in [7, 11) is -2.32. The van der Waals surface area contributed by atoms with E-state index in [-0.39, 0.29) is 23.7 Å². The molecular weight excluding hydrogens is 335 g/mol. The van der Waals surface area contributed by atoms with Crippen molar-refractivity contribution in [1.82, 2.24) is 10.0 Å². The summed E-state index contributed by atoms with van der Waals surface area (Å²) >= 11 is 7.30. The van der Waals surface area contributed by atoms with Crippen LogP contribution in [-0.2, 0) is 23.1 Å². The van der Waals surface area contributed by atoms with Crippen LogP contribution in [0.3, 0.4) is 0 Å². The number of rotatable bonds is 6. The van der Waals surface area contributed by atoms with Gasteiger partial charge in [0.25, 0.3) is 0 Å². The molecule has 21 heavy (non-hydrogen) atoms. The van der Waals surface area contributed by atoms with Crippen LogP contribution in [0.25, 0.3) is 0 Å². The molecule has 0 aliphatic heterocycles. The molecule has 2 rings (SSSR count). The van der Waals surface area contributed by atoms with Gasteiger partial charge in [-0.1, -0.05) is 17.7 Å². The van der Waals surface area contributed by atoms with Crippen LogP contribution < -0.4 is 10.0 Å². The Morgan fingerprint density at radius 3 is 2.71 bits per heavy atom. The zero-order chi connectivity index (χ0) is 15.5. The van der Waals surface area contributed by atoms with Gasteiger partial charge in [0, 0.05) is 28.6 Å². The molecule has 1 heterocycles. The maximum Gasteiger partial charge on any atom is 0.243 e. The second-order valence-electron chi connectivity index (χ2n) is 4.31. The van der Waals surface area contributed by atoms with E-state index in [1.165, 1.54) is 17.4 Å². The topological polar surface area (TPSA) is 58.2 Å². The zero-order valence-electron chi connectivity index (χ0n) is 11.2. The molecule has 0 spiro atoms. The van der Waals surface area contributed by atoms with Gasteiger partial charge in [0.05, 0.1) is 0 Å². The van der Waals surface area contributed by atoms with Crippen molar-refractivity contribution in [2.45, 2.75) is 18.0 Å². The van der Waals surface area contributed by atoms with Crippen LogP contribution in [-0.4, -0.2) is 15.5 Å². The van der Waals surface area contributed by atoms with E-state index in [9.17, 15) is 12.8 Å². The highest BCUT2D eigenvalue weighted by molar-refractivity contribution is 7.89. The molecule has 2 aromatic rings. The number of sulfonamides is 1. The molecule has 0 saturated heterocycles. The van der Waals surface area contributed by atoms with Crippen LogP contribution in [0.1, 0.15) is 10.4 Å². The summed E-state index contributed by atoms with van der Waals surface area (Å²) in [4.78, 5) is 0.410. The third-order valence-electron chi connectivity index (χ3n) is 2.75. The summed E-state index contributed by atoms with van der Waals surface area (Å²) in [5, 5.41) is 4.79. The third kappa shape index (κ3) is 4.02. The lowest BCUT2D eigenvalue weighted by Gasteiger charge is -2.11. The van der Waals surface area contributed by atoms with Gasteiger partial charge < -0.3 is 5.32 Å². The molecular formula is C13H14ClFN2O2S2. The van der Waals surface area contributed by atoms with E-state index >= 15 is 0 Å². The predicted molar refractivity (Wildman–Crippen MR) is 82.5 cm³/mol. The van der Waals surface area contributed by atoms with Crippen molar-refractivity contribution < 1.29 is 12.8 Å². The fourth-order valence-electron chi connectivity index (χ4n) is 1.79. The van der Waals surface area contributed by atoms with E-state index < -0.39 is 20.7 Å². The molecule has 1 aromatic heterocycles. The average molecular weight is 349 g/mol. The van der Waals surface area contributed by atoms with Gasteiger partial charge in [0.15, 0.2) is 0 Å². The quantitative estimate of drug-likeness (QED) is 0.844. The standard InChI is InChI=1S/C13H14ClFN2O2S2/c1-16-7-9-5-10(14)6-12(13(9)15)21(18,19)17-8-11-3-2-4-20-11/h2-6,16-17H,7-8H2,1H3. The summed E-state index contributed by atoms with van der Waals surface area (Å²) in [5.74, 6) is -0.785. The van der Waals surface area contributed by atoms with E-state index in [2.05, 4.69) is 10.0 Å². The summed E-state index contributed by atoms with van der Waals surface area (Å²) in [6.07, 6.45) is 0. The lowest BCUT2D eigenvalue weighted by molar-refractivity contribution is 0.546. The highest BCUT2D eigenvalue weighted by atomic mass is 35.5. The van der Waals surface area contributed by atoms with E-state index in [0.29, 0.717) is 0 Å². The largest absolute Gasteiger partial charge is 0.316 e. The van der Waals surface area contributed by atoms with E-state index in [0.717, 1.165) is 10.9 Å². The van der Waals surface area contributed by atoms with E-state index in [1.807, 2.05) is 11.4 Å². The van der Waals surface area contributed by atoms with Crippen molar-refractivity contribution >= 4 is 33.0 Å². The van der Waals surface area contributed by atoms with Gasteiger partial charge >= 0.3 is 0 Å². The van der Waals surface area contributed by atoms with Gasteiger partial charge in [0.2, 0.25) is 10.0 Å². The van der Waals surface area contributed by atoms with Crippen molar-refractivity contribution in [3.05, 3.63) is 50.9 Å². The fourth-order valence-corrected chi connectivity index (χ4v) is 3.98. The van der Waals surface area contributed by atoms with Crippen LogP contribution >= 0.6 is 22.9 Å². The number of hydrogen-bond donors (Lipinski definition) is 2. The molecule has 114 valence electrons. The Balaban J connectivity index is 2.30. The van der Waals surface area contributed by atoms with Crippen molar-refractivity contribution in [2.75, 3.05) is 7.05 Å². The van der Waals surface area contributed by atoms with Crippen LogP contribution in [0, 0.1) is 5.82 Å². The Labute approximate surface area is 132 Å². The lowest BCUT2D eigenvalue weighted by Crippen LogP contribution is -2.24. The first-order valence-corrected chi connectivity index (χ1v) is 8.82. The normalized spacial score (nSPS) is 11.8. The lowest BCUT2D eigenvalue weighted by atomic mass is 10.2. The van der Waals surface area contributed by atoms with E-state index in [1.54, 1.807) is 13.1 Å². The minimum Gasteiger partial charge on any atom is -0.316 e. The maximum atomic E-state index is 14.3. The molecule has 4 nitrogen and oxygen atoms in total. The van der Waals surface area contributed by atoms with Gasteiger partial charge in [-0.05, 0) is 30.6 Å². The van der Waals surface area contributed by atoms with Gasteiger partial charge in [-0.3, -0.25) is 0 Å². The summed E-state index contributed by atoms with van der Waals surface area (Å²) in [6, 6.07) is 6.14. The monoisotopic (exact) mass is 348 g/mol. The first-order chi connectivity index (χ1) is 9.94. The summed E-state index contributed by atoms with van der Waals surface area (Å²) in [5.41, 5.74) is 0.210. The van der Waals surface area contributed by atoms with E-state index in [4.69, 9.17) is 11.6 Å². The molecule has 0 atom stereocenters. The Morgan fingerprint density at radius 1 is 1.33 bits per heavy atom. The molecule has 0 unspecified atom stereocenters. The third-order valence-corrected chi connectivity index (χ3v) is 5.25. The molecule has 0 aliphatic carbocycles. The van der Waals surface area contributed by atoms with Gasteiger partial charge in [-0.2, -0.15) is 0 Å². The Bertz CT molecular complexity index is 718.